The fraction of sp³-hybridized carbons (Fsp3) is 0.250. The first-order valence-electron chi connectivity index (χ1n) is 27.0. The van der Waals surface area contributed by atoms with Crippen LogP contribution < -0.4 is 48.6 Å². The maximum absolute atomic E-state index is 17.0. The first-order valence-corrected chi connectivity index (χ1v) is 30.3. The Bertz CT molecular complexity index is 3760. The Morgan fingerprint density at radius 1 is 0.375 bits per heavy atom. The molecule has 406 valence electrons. The zero-order chi connectivity index (χ0) is 54.5. The third kappa shape index (κ3) is 8.26. The van der Waals surface area contributed by atoms with Gasteiger partial charge in [0.05, 0.1) is 10.6 Å². The molecule has 7 aliphatic heterocycles. The SMILES string of the molecule is CN1COc2c(cc3c(c2P2(=O)Oc4ccccc4-c4ccccc42)CN(C)CO3)C1.CN1COc2ccc(C(c3ccc4c(c3)CN(C)CO4)(c3ccc4c(c3)CN(C)CO4)P3(=O)Oc4ccccc4-c4ccccc43)cc2C1. The number of hydrogen-bond donors (Lipinski definition) is 0. The molecule has 8 aromatic rings. The van der Waals surface area contributed by atoms with Gasteiger partial charge in [0.25, 0.3) is 7.37 Å². The smallest absolute Gasteiger partial charge is 0.311 e. The Kier molecular flexibility index (Phi) is 12.5. The second-order valence-electron chi connectivity index (χ2n) is 22.1. The van der Waals surface area contributed by atoms with Crippen molar-refractivity contribution in [1.29, 1.82) is 0 Å². The van der Waals surface area contributed by atoms with Crippen LogP contribution in [-0.4, -0.2) is 93.4 Å². The van der Waals surface area contributed by atoms with E-state index in [4.69, 9.17) is 32.7 Å². The van der Waals surface area contributed by atoms with Gasteiger partial charge in [-0.25, -0.2) is 0 Å². The molecule has 0 saturated carbocycles. The standard InChI is InChI=1S/C40H38N3O5P.C24H23N2O4P/c1-41-21-27-18-30(12-15-35(27)45-24-41)40(31-13-16-36-28(19-31)22-42(2)25-46-36,32-14-17-37-29(20-32)23-43(3)26-47-37)49(44)39-11-7-5-9-34(39)33-8-4-6-10-38(33)48-49;1-25-12-16-11-21-19(13-26(2)14-28-21)24(23(16)29-15-25)31(27)22-10-6-4-8-18(22)17-7-3-5-9-20(17)30-31/h4-20H,21-26H2,1-3H3;3-11H,12-15H2,1-2H3. The molecule has 0 saturated heterocycles. The van der Waals surface area contributed by atoms with Crippen molar-refractivity contribution in [3.8, 4) is 62.5 Å². The molecule has 2 unspecified atom stereocenters. The van der Waals surface area contributed by atoms with Gasteiger partial charge in [-0.1, -0.05) is 91.0 Å². The lowest BCUT2D eigenvalue weighted by Crippen LogP contribution is -2.39. The lowest BCUT2D eigenvalue weighted by Gasteiger charge is -2.45. The van der Waals surface area contributed by atoms with E-state index in [1.54, 1.807) is 0 Å². The molecule has 0 bridgehead atoms. The molecule has 0 N–H and O–H groups in total. The second-order valence-corrected chi connectivity index (χ2v) is 26.8. The number of benzene rings is 8. The molecule has 80 heavy (non-hydrogen) atoms. The van der Waals surface area contributed by atoms with Crippen molar-refractivity contribution in [2.75, 3.05) is 68.9 Å². The van der Waals surface area contributed by atoms with Crippen LogP contribution in [0.1, 0.15) is 44.5 Å². The Labute approximate surface area is 466 Å². The maximum atomic E-state index is 17.0. The molecule has 7 aliphatic rings. The van der Waals surface area contributed by atoms with Crippen LogP contribution in [0, 0.1) is 0 Å². The molecule has 7 heterocycles. The maximum Gasteiger partial charge on any atom is 0.311 e. The van der Waals surface area contributed by atoms with E-state index in [9.17, 15) is 4.57 Å². The van der Waals surface area contributed by atoms with Gasteiger partial charge in [0.2, 0.25) is 0 Å². The molecule has 0 aliphatic carbocycles. The zero-order valence-corrected chi connectivity index (χ0v) is 47.2. The average molecular weight is 1110 g/mol. The van der Waals surface area contributed by atoms with Crippen LogP contribution in [0.5, 0.6) is 40.2 Å². The molecule has 0 spiro atoms. The van der Waals surface area contributed by atoms with Crippen molar-refractivity contribution in [3.05, 3.63) is 202 Å². The molecule has 2 atom stereocenters. The van der Waals surface area contributed by atoms with Crippen molar-refractivity contribution >= 4 is 30.7 Å². The molecule has 15 rings (SSSR count). The predicted octanol–water partition coefficient (Wildman–Crippen LogP) is 10.5. The summed E-state index contributed by atoms with van der Waals surface area (Å²) >= 11 is 0. The lowest BCUT2D eigenvalue weighted by molar-refractivity contribution is 0.112. The topological polar surface area (TPSA) is 115 Å². The average Bonchev–Trinajstić information content (AvgIpc) is 1.81. The van der Waals surface area contributed by atoms with E-state index in [-0.39, 0.29) is 0 Å². The Hall–Kier alpha value is -7.38. The molecule has 0 aromatic heterocycles. The summed E-state index contributed by atoms with van der Waals surface area (Å²) in [7, 11) is 2.66. The van der Waals surface area contributed by atoms with Crippen LogP contribution in [-0.2, 0) is 47.0 Å². The van der Waals surface area contributed by atoms with E-state index >= 15 is 4.57 Å². The molecule has 8 aromatic carbocycles. The highest BCUT2D eigenvalue weighted by Gasteiger charge is 2.59. The van der Waals surface area contributed by atoms with Gasteiger partial charge in [-0.3, -0.25) is 33.6 Å². The highest BCUT2D eigenvalue weighted by molar-refractivity contribution is 7.75. The van der Waals surface area contributed by atoms with Crippen molar-refractivity contribution < 1.29 is 41.9 Å². The predicted molar refractivity (Wildman–Crippen MR) is 310 cm³/mol. The van der Waals surface area contributed by atoms with Crippen LogP contribution in [0.25, 0.3) is 22.3 Å². The van der Waals surface area contributed by atoms with Gasteiger partial charge in [-0.2, -0.15) is 0 Å². The van der Waals surface area contributed by atoms with Crippen molar-refractivity contribution in [2.24, 2.45) is 0 Å². The van der Waals surface area contributed by atoms with Gasteiger partial charge in [0.1, 0.15) is 84.4 Å². The Balaban J connectivity index is 0.000000160. The van der Waals surface area contributed by atoms with Crippen LogP contribution >= 0.6 is 14.7 Å². The van der Waals surface area contributed by atoms with Gasteiger partial charge in [0, 0.05) is 71.7 Å². The van der Waals surface area contributed by atoms with E-state index in [1.807, 2.05) is 150 Å². The van der Waals surface area contributed by atoms with Gasteiger partial charge >= 0.3 is 7.37 Å². The van der Waals surface area contributed by atoms with Crippen LogP contribution in [0.3, 0.4) is 0 Å². The Morgan fingerprint density at radius 3 is 1.30 bits per heavy atom. The van der Waals surface area contributed by atoms with Crippen LogP contribution in [0.15, 0.2) is 158 Å². The third-order valence-electron chi connectivity index (χ3n) is 16.2. The van der Waals surface area contributed by atoms with Gasteiger partial charge in [0.15, 0.2) is 0 Å². The molecule has 0 fully saturated rings. The van der Waals surface area contributed by atoms with Crippen molar-refractivity contribution in [1.82, 2.24) is 24.5 Å². The fourth-order valence-electron chi connectivity index (χ4n) is 12.6. The highest BCUT2D eigenvalue weighted by Crippen LogP contribution is 2.72. The van der Waals surface area contributed by atoms with Gasteiger partial charge in [-0.15, -0.1) is 0 Å². The van der Waals surface area contributed by atoms with Crippen LogP contribution in [0.2, 0.25) is 0 Å². The third-order valence-corrected chi connectivity index (χ3v) is 21.9. The minimum absolute atomic E-state index is 0.438. The number of nitrogens with zero attached hydrogens (tertiary/aromatic N) is 5. The normalized spacial score (nSPS) is 21.0. The van der Waals surface area contributed by atoms with E-state index in [0.717, 1.165) is 89.8 Å². The van der Waals surface area contributed by atoms with Crippen LogP contribution in [0.4, 0.5) is 0 Å². The quantitative estimate of drug-likeness (QED) is 0.120. The summed E-state index contributed by atoms with van der Waals surface area (Å²) < 4.78 is 76.1. The van der Waals surface area contributed by atoms with E-state index in [1.165, 1.54) is 0 Å². The second kappa shape index (κ2) is 19.7. The van der Waals surface area contributed by atoms with E-state index in [2.05, 4.69) is 67.0 Å². The Morgan fingerprint density at radius 2 is 0.775 bits per heavy atom. The molecule has 0 amide bonds. The summed E-state index contributed by atoms with van der Waals surface area (Å²) in [5.41, 5.74) is 11.3. The summed E-state index contributed by atoms with van der Waals surface area (Å²) in [6.07, 6.45) is 0. The number of para-hydroxylation sites is 2. The summed E-state index contributed by atoms with van der Waals surface area (Å²) in [5, 5.41) is 0.760. The number of fused-ring (bicyclic) bond motifs is 11. The summed E-state index contributed by atoms with van der Waals surface area (Å²) in [6.45, 7) is 5.90. The monoisotopic (exact) mass is 1110 g/mol. The first kappa shape index (κ1) is 50.8. The minimum atomic E-state index is -3.96. The van der Waals surface area contributed by atoms with Gasteiger partial charge < -0.3 is 32.7 Å². The minimum Gasteiger partial charge on any atom is -0.478 e. The summed E-state index contributed by atoms with van der Waals surface area (Å²) in [4.78, 5) is 10.5. The number of rotatable bonds is 5. The largest absolute Gasteiger partial charge is 0.478 e. The number of hydrogen-bond acceptors (Lipinski definition) is 14. The first-order chi connectivity index (χ1) is 38.9. The van der Waals surface area contributed by atoms with Gasteiger partial charge in [-0.05, 0) is 130 Å². The molecule has 16 heteroatoms. The zero-order valence-electron chi connectivity index (χ0n) is 45.4. The van der Waals surface area contributed by atoms with E-state index in [0.29, 0.717) is 99.5 Å². The summed E-state index contributed by atoms with van der Waals surface area (Å²) in [5.74, 6) is 5.20. The molecule has 0 radical (unpaired) electrons. The molecular formula is C64H61N5O9P2. The molecular weight excluding hydrogens is 1040 g/mol. The summed E-state index contributed by atoms with van der Waals surface area (Å²) in [6, 6.07) is 52.5. The fourth-order valence-corrected chi connectivity index (χ4v) is 18.5. The van der Waals surface area contributed by atoms with E-state index < -0.39 is 19.9 Å². The molecule has 14 nitrogen and oxygen atoms in total. The van der Waals surface area contributed by atoms with Crippen molar-refractivity contribution in [2.45, 2.75) is 37.9 Å². The van der Waals surface area contributed by atoms with Crippen molar-refractivity contribution in [3.63, 3.8) is 0 Å². The number of ether oxygens (including phenoxy) is 5. The highest BCUT2D eigenvalue weighted by atomic mass is 31.2. The lowest BCUT2D eigenvalue weighted by atomic mass is 9.81.